The molecule has 4 N–H and O–H groups in total. The molecule has 0 aromatic rings. The molecule has 0 bridgehead atoms. The highest BCUT2D eigenvalue weighted by molar-refractivity contribution is 5.87. The Morgan fingerprint density at radius 3 is 1.18 bits per heavy atom. The fourth-order valence-electron chi connectivity index (χ4n) is 2.32. The fourth-order valence-corrected chi connectivity index (χ4v) is 2.32. The number of nitrogens with one attached hydrogen (secondary N) is 2. The fraction of sp³-hybridized carbons (Fsp3) is 0.438. The summed E-state index contributed by atoms with van der Waals surface area (Å²) in [5, 5.41) is 24.1. The van der Waals surface area contributed by atoms with Crippen molar-refractivity contribution in [2.24, 2.45) is 0 Å². The van der Waals surface area contributed by atoms with Crippen LogP contribution in [-0.4, -0.2) is 46.3 Å². The number of allylic oxidation sites excluding steroid dienone is 14. The third-order valence-corrected chi connectivity index (χ3v) is 4.25. The van der Waals surface area contributed by atoms with Crippen LogP contribution in [0.25, 0.3) is 0 Å². The Labute approximate surface area is 231 Å². The van der Waals surface area contributed by atoms with Crippen LogP contribution in [0.1, 0.15) is 67.2 Å². The summed E-state index contributed by atoms with van der Waals surface area (Å²) in [7, 11) is 0. The number of hydrogen-bond acceptors (Lipinski definition) is 4. The summed E-state index contributed by atoms with van der Waals surface area (Å²) >= 11 is 0. The van der Waals surface area contributed by atoms with E-state index in [-0.39, 0.29) is 24.9 Å². The van der Waals surface area contributed by atoms with Gasteiger partial charge in [-0.25, -0.2) is 0 Å². The minimum Gasteiger partial charge on any atom is -0.389 e. The maximum atomic E-state index is 11.4. The zero-order valence-electron chi connectivity index (χ0n) is 24.2. The van der Waals surface area contributed by atoms with Crippen LogP contribution < -0.4 is 10.6 Å². The van der Waals surface area contributed by atoms with Gasteiger partial charge in [0.15, 0.2) is 0 Å². The van der Waals surface area contributed by atoms with E-state index < -0.39 is 11.2 Å². The standard InChI is InChI=1S/2C16H25NO2/c2*1-4-5-6-7-8-9-10-11-12-13-15(18)17-14-16(2,3)19/h2*4-9,12-13,19H,10-11,14H2,1-3H3,(H,17,18)/b5-4+,7-6+,9-8+,13-12+;5-4+,7-6+,9-8-,13-12+. The van der Waals surface area contributed by atoms with Crippen molar-refractivity contribution < 1.29 is 19.8 Å². The Kier molecular flexibility index (Phi) is 23.5. The molecule has 0 aromatic heterocycles. The van der Waals surface area contributed by atoms with Crippen LogP contribution in [0.3, 0.4) is 0 Å². The molecule has 0 heterocycles. The Morgan fingerprint density at radius 2 is 0.868 bits per heavy atom. The van der Waals surface area contributed by atoms with Gasteiger partial charge in [-0.3, -0.25) is 9.59 Å². The number of hydrogen-bond donors (Lipinski definition) is 4. The Bertz CT molecular complexity index is 787. The third kappa shape index (κ3) is 34.9. The zero-order chi connectivity index (χ0) is 29.1. The monoisotopic (exact) mass is 526 g/mol. The van der Waals surface area contributed by atoms with Crippen molar-refractivity contribution in [3.05, 3.63) is 97.2 Å². The second-order valence-corrected chi connectivity index (χ2v) is 9.70. The molecule has 6 nitrogen and oxygen atoms in total. The number of rotatable bonds is 16. The van der Waals surface area contributed by atoms with E-state index in [1.54, 1.807) is 27.7 Å². The SMILES string of the molecule is C/C=C/C=C/C=C/CC/C=C/C(=O)NCC(C)(C)O.C/C=C/C=C/C=C\CC/C=C/C(=O)NCC(C)(C)O. The summed E-state index contributed by atoms with van der Waals surface area (Å²) < 4.78 is 0. The molecule has 0 aliphatic heterocycles. The van der Waals surface area contributed by atoms with Crippen molar-refractivity contribution in [1.29, 1.82) is 0 Å². The number of carbonyl (C=O) groups excluding carboxylic acids is 2. The largest absolute Gasteiger partial charge is 0.389 e. The molecule has 0 unspecified atom stereocenters. The van der Waals surface area contributed by atoms with Crippen LogP contribution in [-0.2, 0) is 9.59 Å². The third-order valence-electron chi connectivity index (χ3n) is 4.25. The van der Waals surface area contributed by atoms with Crippen molar-refractivity contribution in [2.45, 2.75) is 78.4 Å². The lowest BCUT2D eigenvalue weighted by Crippen LogP contribution is -2.37. The smallest absolute Gasteiger partial charge is 0.243 e. The molecule has 0 aliphatic carbocycles. The van der Waals surface area contributed by atoms with Crippen molar-refractivity contribution >= 4 is 11.8 Å². The van der Waals surface area contributed by atoms with Gasteiger partial charge in [-0.2, -0.15) is 0 Å². The minimum atomic E-state index is -0.870. The molecule has 212 valence electrons. The summed E-state index contributed by atoms with van der Waals surface area (Å²) in [6.45, 7) is 11.1. The van der Waals surface area contributed by atoms with Gasteiger partial charge >= 0.3 is 0 Å². The van der Waals surface area contributed by atoms with Gasteiger partial charge in [-0.05, 0) is 79.4 Å². The van der Waals surface area contributed by atoms with Crippen LogP contribution >= 0.6 is 0 Å². The quantitative estimate of drug-likeness (QED) is 0.116. The van der Waals surface area contributed by atoms with Crippen LogP contribution in [0.2, 0.25) is 0 Å². The van der Waals surface area contributed by atoms with Gasteiger partial charge in [0.25, 0.3) is 0 Å². The van der Waals surface area contributed by atoms with Gasteiger partial charge in [0.05, 0.1) is 11.2 Å². The lowest BCUT2D eigenvalue weighted by Gasteiger charge is -2.16. The average Bonchev–Trinajstić information content (AvgIpc) is 2.84. The van der Waals surface area contributed by atoms with E-state index in [9.17, 15) is 19.8 Å². The van der Waals surface area contributed by atoms with Gasteiger partial charge in [-0.1, -0.05) is 85.1 Å². The number of carbonyl (C=O) groups is 2. The highest BCUT2D eigenvalue weighted by atomic mass is 16.3. The molecule has 0 spiro atoms. The zero-order valence-corrected chi connectivity index (χ0v) is 24.2. The van der Waals surface area contributed by atoms with E-state index in [1.807, 2.05) is 86.8 Å². The molecule has 0 saturated heterocycles. The molecule has 0 aromatic carbocycles. The molecular weight excluding hydrogens is 476 g/mol. The first-order chi connectivity index (χ1) is 17.9. The highest BCUT2D eigenvalue weighted by Crippen LogP contribution is 1.99. The number of aliphatic hydroxyl groups is 2. The predicted molar refractivity (Wildman–Crippen MR) is 162 cm³/mol. The Hall–Kier alpha value is -3.22. The molecule has 0 atom stereocenters. The van der Waals surface area contributed by atoms with Gasteiger partial charge in [0, 0.05) is 13.1 Å². The second kappa shape index (κ2) is 24.1. The summed E-state index contributed by atoms with van der Waals surface area (Å²) in [6, 6.07) is 0. The maximum absolute atomic E-state index is 11.4. The van der Waals surface area contributed by atoms with Crippen LogP contribution in [0.4, 0.5) is 0 Å². The summed E-state index contributed by atoms with van der Waals surface area (Å²) in [5.41, 5.74) is -1.74. The molecule has 0 aliphatic rings. The van der Waals surface area contributed by atoms with Crippen LogP contribution in [0.5, 0.6) is 0 Å². The number of unbranched alkanes of at least 4 members (excludes halogenated alkanes) is 2. The Balaban J connectivity index is 0. The van der Waals surface area contributed by atoms with E-state index in [0.717, 1.165) is 25.7 Å². The van der Waals surface area contributed by atoms with Gasteiger partial charge in [-0.15, -0.1) is 0 Å². The van der Waals surface area contributed by atoms with E-state index in [0.29, 0.717) is 0 Å². The minimum absolute atomic E-state index is 0.168. The first kappa shape index (κ1) is 36.9. The highest BCUT2D eigenvalue weighted by Gasteiger charge is 2.13. The maximum Gasteiger partial charge on any atom is 0.243 e. The van der Waals surface area contributed by atoms with E-state index in [4.69, 9.17) is 0 Å². The van der Waals surface area contributed by atoms with Crippen molar-refractivity contribution in [3.8, 4) is 0 Å². The van der Waals surface area contributed by atoms with Crippen molar-refractivity contribution in [2.75, 3.05) is 13.1 Å². The summed E-state index contributed by atoms with van der Waals surface area (Å²) in [4.78, 5) is 22.7. The van der Waals surface area contributed by atoms with Crippen LogP contribution in [0, 0.1) is 0 Å². The molecule has 38 heavy (non-hydrogen) atoms. The van der Waals surface area contributed by atoms with Crippen molar-refractivity contribution in [1.82, 2.24) is 10.6 Å². The molecular formula is C32H50N2O4. The molecule has 2 amide bonds. The lowest BCUT2D eigenvalue weighted by molar-refractivity contribution is -0.118. The first-order valence-corrected chi connectivity index (χ1v) is 13.1. The topological polar surface area (TPSA) is 98.7 Å². The first-order valence-electron chi connectivity index (χ1n) is 13.1. The van der Waals surface area contributed by atoms with E-state index in [2.05, 4.69) is 22.8 Å². The van der Waals surface area contributed by atoms with E-state index in [1.165, 1.54) is 12.2 Å². The normalized spacial score (nSPS) is 13.3. The average molecular weight is 527 g/mol. The second-order valence-electron chi connectivity index (χ2n) is 9.70. The van der Waals surface area contributed by atoms with Gasteiger partial charge in [0.1, 0.15) is 0 Å². The Morgan fingerprint density at radius 1 is 0.553 bits per heavy atom. The van der Waals surface area contributed by atoms with E-state index >= 15 is 0 Å². The molecule has 0 saturated carbocycles. The molecule has 0 radical (unpaired) electrons. The predicted octanol–water partition coefficient (Wildman–Crippen LogP) is 5.80. The summed E-state index contributed by atoms with van der Waals surface area (Å²) in [6.07, 6.45) is 34.0. The van der Waals surface area contributed by atoms with Gasteiger partial charge in [0.2, 0.25) is 11.8 Å². The summed E-state index contributed by atoms with van der Waals surface area (Å²) in [5.74, 6) is -0.335. The molecule has 0 rings (SSSR count). The lowest BCUT2D eigenvalue weighted by atomic mass is 10.1. The molecule has 6 heteroatoms. The van der Waals surface area contributed by atoms with Crippen LogP contribution in [0.15, 0.2) is 97.2 Å². The number of amides is 2. The van der Waals surface area contributed by atoms with Gasteiger partial charge < -0.3 is 20.8 Å². The van der Waals surface area contributed by atoms with Crippen molar-refractivity contribution in [3.63, 3.8) is 0 Å². The molecule has 0 fully saturated rings.